The van der Waals surface area contributed by atoms with Gasteiger partial charge in [0.05, 0.1) is 5.75 Å². The molecular weight excluding hydrogens is 334 g/mol. The van der Waals surface area contributed by atoms with Crippen LogP contribution < -0.4 is 5.73 Å². The van der Waals surface area contributed by atoms with Gasteiger partial charge in [0.1, 0.15) is 0 Å². The molecule has 0 unspecified atom stereocenters. The van der Waals surface area contributed by atoms with Gasteiger partial charge in [0.15, 0.2) is 0 Å². The van der Waals surface area contributed by atoms with Crippen LogP contribution in [0.5, 0.6) is 0 Å². The van der Waals surface area contributed by atoms with Gasteiger partial charge in [0.25, 0.3) is 0 Å². The second-order valence-electron chi connectivity index (χ2n) is 6.82. The lowest BCUT2D eigenvalue weighted by Crippen LogP contribution is -2.48. The molecule has 1 aliphatic heterocycles. The first-order valence-corrected chi connectivity index (χ1v) is 10.1. The van der Waals surface area contributed by atoms with Crippen LogP contribution in [0.25, 0.3) is 0 Å². The Balaban J connectivity index is 1.70. The summed E-state index contributed by atoms with van der Waals surface area (Å²) in [4.78, 5) is 27.2. The van der Waals surface area contributed by atoms with Gasteiger partial charge in [-0.1, -0.05) is 38.1 Å². The molecule has 1 aromatic rings. The molecule has 25 heavy (non-hydrogen) atoms. The first kappa shape index (κ1) is 19.8. The Morgan fingerprint density at radius 3 is 2.32 bits per heavy atom. The predicted molar refractivity (Wildman–Crippen MR) is 104 cm³/mol. The van der Waals surface area contributed by atoms with Crippen molar-refractivity contribution in [1.82, 2.24) is 9.80 Å². The highest BCUT2D eigenvalue weighted by molar-refractivity contribution is 7.99. The molecule has 0 aliphatic carbocycles. The van der Waals surface area contributed by atoms with E-state index in [4.69, 9.17) is 5.73 Å². The number of nitrogens with two attached hydrogens (primary N) is 1. The Kier molecular flexibility index (Phi) is 7.78. The zero-order valence-corrected chi connectivity index (χ0v) is 16.1. The molecular formula is C19H29N3O2S. The number of amides is 2. The average Bonchev–Trinajstić information content (AvgIpc) is 2.59. The summed E-state index contributed by atoms with van der Waals surface area (Å²) in [5.41, 5.74) is 7.79. The largest absolute Gasteiger partial charge is 0.369 e. The van der Waals surface area contributed by atoms with Gasteiger partial charge in [-0.05, 0) is 17.0 Å². The molecule has 2 N–H and O–H groups in total. The Hall–Kier alpha value is -1.53. The van der Waals surface area contributed by atoms with Gasteiger partial charge in [0.2, 0.25) is 11.8 Å². The van der Waals surface area contributed by atoms with Crippen molar-refractivity contribution in [3.05, 3.63) is 35.4 Å². The summed E-state index contributed by atoms with van der Waals surface area (Å²) in [5.74, 6) is 1.36. The summed E-state index contributed by atoms with van der Waals surface area (Å²) in [5, 5.41) is 0. The van der Waals surface area contributed by atoms with Crippen molar-refractivity contribution in [2.24, 2.45) is 5.73 Å². The first-order chi connectivity index (χ1) is 12.0. The molecule has 2 rings (SSSR count). The van der Waals surface area contributed by atoms with Gasteiger partial charge in [0, 0.05) is 44.9 Å². The summed E-state index contributed by atoms with van der Waals surface area (Å²) in [7, 11) is 0. The maximum atomic E-state index is 12.2. The van der Waals surface area contributed by atoms with Crippen molar-refractivity contribution in [1.29, 1.82) is 0 Å². The number of piperazine rings is 1. The van der Waals surface area contributed by atoms with E-state index in [0.717, 1.165) is 32.7 Å². The minimum absolute atomic E-state index is 0.179. The molecule has 0 saturated carbocycles. The number of carbonyl (C=O) groups is 2. The van der Waals surface area contributed by atoms with Crippen LogP contribution in [0.2, 0.25) is 0 Å². The van der Waals surface area contributed by atoms with E-state index in [1.54, 1.807) is 0 Å². The summed E-state index contributed by atoms with van der Waals surface area (Å²) in [6.07, 6.45) is 0.481. The zero-order chi connectivity index (χ0) is 18.2. The van der Waals surface area contributed by atoms with Gasteiger partial charge in [-0.25, -0.2) is 0 Å². The summed E-state index contributed by atoms with van der Waals surface area (Å²) in [6.45, 7) is 8.73. The van der Waals surface area contributed by atoms with Gasteiger partial charge >= 0.3 is 0 Å². The third-order valence-electron chi connectivity index (χ3n) is 4.48. The van der Waals surface area contributed by atoms with Crippen molar-refractivity contribution >= 4 is 23.6 Å². The fraction of sp³-hybridized carbons (Fsp3) is 0.579. The van der Waals surface area contributed by atoms with Crippen molar-refractivity contribution in [2.45, 2.75) is 32.7 Å². The molecule has 1 aliphatic rings. The minimum atomic E-state index is -0.326. The second-order valence-corrected chi connectivity index (χ2v) is 7.93. The van der Waals surface area contributed by atoms with Crippen LogP contribution in [0.3, 0.4) is 0 Å². The molecule has 1 heterocycles. The summed E-state index contributed by atoms with van der Waals surface area (Å²) >= 11 is 1.43. The molecule has 0 spiro atoms. The quantitative estimate of drug-likeness (QED) is 0.718. The number of hydrogen-bond donors (Lipinski definition) is 1. The highest BCUT2D eigenvalue weighted by Crippen LogP contribution is 2.16. The molecule has 5 nitrogen and oxygen atoms in total. The number of nitrogens with zero attached hydrogens (tertiary/aromatic N) is 2. The molecule has 1 aromatic carbocycles. The second kappa shape index (κ2) is 9.82. The van der Waals surface area contributed by atoms with E-state index in [2.05, 4.69) is 43.0 Å². The minimum Gasteiger partial charge on any atom is -0.369 e. The van der Waals surface area contributed by atoms with Crippen molar-refractivity contribution < 1.29 is 9.59 Å². The first-order valence-electron chi connectivity index (χ1n) is 8.90. The molecule has 1 saturated heterocycles. The van der Waals surface area contributed by atoms with E-state index in [0.29, 0.717) is 18.1 Å². The van der Waals surface area contributed by atoms with Gasteiger partial charge in [-0.2, -0.15) is 11.8 Å². The fourth-order valence-corrected chi connectivity index (χ4v) is 3.58. The molecule has 0 bridgehead atoms. The molecule has 138 valence electrons. The number of hydrogen-bond acceptors (Lipinski definition) is 4. The standard InChI is InChI=1S/C19H29N3O2S/c1-15(2)17-5-3-16(4-6-17)13-21-8-10-22(11-9-21)19(24)7-12-25-14-18(20)23/h3-6,15H,7-14H2,1-2H3,(H2,20,23). The summed E-state index contributed by atoms with van der Waals surface area (Å²) in [6, 6.07) is 8.85. The van der Waals surface area contributed by atoms with Gasteiger partial charge < -0.3 is 10.6 Å². The van der Waals surface area contributed by atoms with Crippen LogP contribution >= 0.6 is 11.8 Å². The smallest absolute Gasteiger partial charge is 0.227 e. The molecule has 1 fully saturated rings. The van der Waals surface area contributed by atoms with E-state index in [1.165, 1.54) is 22.9 Å². The highest BCUT2D eigenvalue weighted by Gasteiger charge is 2.20. The topological polar surface area (TPSA) is 66.6 Å². The SMILES string of the molecule is CC(C)c1ccc(CN2CCN(C(=O)CCSCC(N)=O)CC2)cc1. The predicted octanol–water partition coefficient (Wildman–Crippen LogP) is 2.06. The Labute approximate surface area is 154 Å². The lowest BCUT2D eigenvalue weighted by molar-refractivity contribution is -0.132. The number of primary amides is 1. The van der Waals surface area contributed by atoms with Crippen LogP contribution in [-0.2, 0) is 16.1 Å². The van der Waals surface area contributed by atoms with E-state index in [-0.39, 0.29) is 17.6 Å². The van der Waals surface area contributed by atoms with Crippen LogP contribution in [0.15, 0.2) is 24.3 Å². The van der Waals surface area contributed by atoms with E-state index in [9.17, 15) is 9.59 Å². The Bertz CT molecular complexity index is 567. The van der Waals surface area contributed by atoms with Crippen molar-refractivity contribution in [3.63, 3.8) is 0 Å². The fourth-order valence-electron chi connectivity index (χ4n) is 2.91. The van der Waals surface area contributed by atoms with Crippen LogP contribution in [0.4, 0.5) is 0 Å². The normalized spacial score (nSPS) is 15.6. The zero-order valence-electron chi connectivity index (χ0n) is 15.2. The third-order valence-corrected chi connectivity index (χ3v) is 5.46. The molecule has 0 radical (unpaired) electrons. The third kappa shape index (κ3) is 6.71. The van der Waals surface area contributed by atoms with E-state index < -0.39 is 0 Å². The molecule has 0 aromatic heterocycles. The summed E-state index contributed by atoms with van der Waals surface area (Å²) < 4.78 is 0. The van der Waals surface area contributed by atoms with Crippen LogP contribution in [0.1, 0.15) is 37.3 Å². The van der Waals surface area contributed by atoms with E-state index >= 15 is 0 Å². The van der Waals surface area contributed by atoms with Gasteiger partial charge in [-0.3, -0.25) is 14.5 Å². The molecule has 0 atom stereocenters. The lowest BCUT2D eigenvalue weighted by atomic mass is 10.0. The molecule has 2 amide bonds. The average molecular weight is 364 g/mol. The maximum Gasteiger partial charge on any atom is 0.227 e. The maximum absolute atomic E-state index is 12.2. The number of benzene rings is 1. The number of rotatable bonds is 8. The van der Waals surface area contributed by atoms with E-state index in [1.807, 2.05) is 4.90 Å². The Morgan fingerprint density at radius 2 is 1.76 bits per heavy atom. The van der Waals surface area contributed by atoms with Crippen molar-refractivity contribution in [3.8, 4) is 0 Å². The van der Waals surface area contributed by atoms with Gasteiger partial charge in [-0.15, -0.1) is 0 Å². The number of thioether (sulfide) groups is 1. The highest BCUT2D eigenvalue weighted by atomic mass is 32.2. The van der Waals surface area contributed by atoms with Crippen LogP contribution in [0, 0.1) is 0 Å². The van der Waals surface area contributed by atoms with Crippen LogP contribution in [-0.4, -0.2) is 59.3 Å². The Morgan fingerprint density at radius 1 is 1.12 bits per heavy atom. The monoisotopic (exact) mass is 363 g/mol. The number of carbonyl (C=O) groups excluding carboxylic acids is 2. The lowest BCUT2D eigenvalue weighted by Gasteiger charge is -2.34. The molecule has 6 heteroatoms. The van der Waals surface area contributed by atoms with Crippen molar-refractivity contribution in [2.75, 3.05) is 37.7 Å².